The van der Waals surface area contributed by atoms with Crippen LogP contribution in [0.2, 0.25) is 0 Å². The summed E-state index contributed by atoms with van der Waals surface area (Å²) in [5.74, 6) is 0.850. The van der Waals surface area contributed by atoms with E-state index in [1.54, 1.807) is 36.4 Å². The van der Waals surface area contributed by atoms with Crippen molar-refractivity contribution in [2.24, 2.45) is 0 Å². The van der Waals surface area contributed by atoms with E-state index < -0.39 is 0 Å². The Hall–Kier alpha value is -2.34. The van der Waals surface area contributed by atoms with Crippen LogP contribution in [0.4, 0.5) is 0 Å². The van der Waals surface area contributed by atoms with Crippen molar-refractivity contribution in [1.29, 1.82) is 0 Å². The van der Waals surface area contributed by atoms with Crippen molar-refractivity contribution in [3.63, 3.8) is 0 Å². The van der Waals surface area contributed by atoms with Gasteiger partial charge in [0.05, 0.1) is 5.56 Å². The van der Waals surface area contributed by atoms with E-state index in [0.717, 1.165) is 14.9 Å². The summed E-state index contributed by atoms with van der Waals surface area (Å²) in [7, 11) is 0. The lowest BCUT2D eigenvalue weighted by atomic mass is 10.2. The predicted octanol–water partition coefficient (Wildman–Crippen LogP) is 5.09. The lowest BCUT2D eigenvalue weighted by Crippen LogP contribution is -2.08. The smallest absolute Gasteiger partial charge is 0.343 e. The zero-order valence-electron chi connectivity index (χ0n) is 12.8. The van der Waals surface area contributed by atoms with Crippen LogP contribution < -0.4 is 9.47 Å². The first kappa shape index (κ1) is 16.5. The number of carbonyl (C=O) groups excluding carboxylic acids is 1. The van der Waals surface area contributed by atoms with Gasteiger partial charge in [0.1, 0.15) is 18.1 Å². The first-order chi connectivity index (χ1) is 11.7. The molecule has 120 valence electrons. The van der Waals surface area contributed by atoms with E-state index in [-0.39, 0.29) is 5.97 Å². The van der Waals surface area contributed by atoms with Gasteiger partial charge in [-0.2, -0.15) is 0 Å². The summed E-state index contributed by atoms with van der Waals surface area (Å²) in [6, 6.07) is 24.2. The molecule has 0 spiro atoms. The first-order valence-corrected chi connectivity index (χ1v) is 8.53. The van der Waals surface area contributed by atoms with Crippen LogP contribution in [-0.2, 0) is 6.61 Å². The highest BCUT2D eigenvalue weighted by Gasteiger charge is 2.08. The first-order valence-electron chi connectivity index (χ1n) is 7.45. The molecular weight excluding hydrogens is 415 g/mol. The van der Waals surface area contributed by atoms with Gasteiger partial charge in [0.15, 0.2) is 0 Å². The Bertz CT molecular complexity index is 797. The van der Waals surface area contributed by atoms with Gasteiger partial charge in [-0.15, -0.1) is 0 Å². The summed E-state index contributed by atoms with van der Waals surface area (Å²) in [6.45, 7) is 0.503. The highest BCUT2D eigenvalue weighted by atomic mass is 127. The van der Waals surface area contributed by atoms with Gasteiger partial charge in [0.25, 0.3) is 0 Å². The molecule has 0 bridgehead atoms. The van der Waals surface area contributed by atoms with Crippen molar-refractivity contribution < 1.29 is 14.3 Å². The molecule has 3 nitrogen and oxygen atoms in total. The molecule has 0 atom stereocenters. The summed E-state index contributed by atoms with van der Waals surface area (Å²) in [6.07, 6.45) is 0. The monoisotopic (exact) mass is 430 g/mol. The molecule has 0 aliphatic heterocycles. The fraction of sp³-hybridized carbons (Fsp3) is 0.0500. The molecule has 0 aromatic heterocycles. The van der Waals surface area contributed by atoms with E-state index in [2.05, 4.69) is 22.6 Å². The summed E-state index contributed by atoms with van der Waals surface area (Å²) in [4.78, 5) is 12.1. The van der Waals surface area contributed by atoms with E-state index in [1.165, 1.54) is 0 Å². The van der Waals surface area contributed by atoms with E-state index in [1.807, 2.05) is 42.5 Å². The molecule has 0 aliphatic carbocycles. The summed E-state index contributed by atoms with van der Waals surface area (Å²) < 4.78 is 12.1. The molecule has 0 aliphatic rings. The minimum Gasteiger partial charge on any atom is -0.489 e. The number of hydrogen-bond acceptors (Lipinski definition) is 3. The van der Waals surface area contributed by atoms with Gasteiger partial charge in [-0.1, -0.05) is 30.3 Å². The van der Waals surface area contributed by atoms with Crippen LogP contribution in [-0.4, -0.2) is 5.97 Å². The molecule has 0 radical (unpaired) electrons. The van der Waals surface area contributed by atoms with E-state index in [9.17, 15) is 4.79 Å². The summed E-state index contributed by atoms with van der Waals surface area (Å²) in [5.41, 5.74) is 1.63. The predicted molar refractivity (Wildman–Crippen MR) is 101 cm³/mol. The maximum Gasteiger partial charge on any atom is 0.343 e. The van der Waals surface area contributed by atoms with Crippen LogP contribution in [0.1, 0.15) is 15.9 Å². The SMILES string of the molecule is O=C(Oc1ccc(OCc2ccccc2)cc1)c1ccc(I)cc1. The second-order valence-corrected chi connectivity index (χ2v) is 6.39. The van der Waals surface area contributed by atoms with Crippen molar-refractivity contribution in [1.82, 2.24) is 0 Å². The normalized spacial score (nSPS) is 10.2. The quantitative estimate of drug-likeness (QED) is 0.322. The molecule has 4 heteroatoms. The maximum atomic E-state index is 12.1. The van der Waals surface area contributed by atoms with E-state index in [4.69, 9.17) is 9.47 Å². The Morgan fingerprint density at radius 3 is 2.08 bits per heavy atom. The molecule has 3 rings (SSSR count). The average molecular weight is 430 g/mol. The molecule has 0 saturated carbocycles. The highest BCUT2D eigenvalue weighted by Crippen LogP contribution is 2.20. The van der Waals surface area contributed by atoms with Crippen LogP contribution >= 0.6 is 22.6 Å². The van der Waals surface area contributed by atoms with Gasteiger partial charge in [-0.3, -0.25) is 0 Å². The van der Waals surface area contributed by atoms with Crippen LogP contribution in [0.5, 0.6) is 11.5 Å². The third-order valence-corrected chi connectivity index (χ3v) is 4.08. The fourth-order valence-corrected chi connectivity index (χ4v) is 2.46. The van der Waals surface area contributed by atoms with Crippen LogP contribution in [0.3, 0.4) is 0 Å². The lowest BCUT2D eigenvalue weighted by Gasteiger charge is -2.08. The Morgan fingerprint density at radius 2 is 1.42 bits per heavy atom. The number of rotatable bonds is 5. The molecule has 3 aromatic carbocycles. The van der Waals surface area contributed by atoms with Gasteiger partial charge in [-0.25, -0.2) is 4.79 Å². The molecule has 3 aromatic rings. The number of esters is 1. The molecule has 0 heterocycles. The molecule has 0 N–H and O–H groups in total. The van der Waals surface area contributed by atoms with E-state index >= 15 is 0 Å². The number of carbonyl (C=O) groups is 1. The zero-order valence-corrected chi connectivity index (χ0v) is 15.0. The average Bonchev–Trinajstić information content (AvgIpc) is 2.62. The minimum atomic E-state index is -0.371. The zero-order chi connectivity index (χ0) is 16.8. The second kappa shape index (κ2) is 7.97. The van der Waals surface area contributed by atoms with Crippen molar-refractivity contribution in [2.45, 2.75) is 6.61 Å². The molecular formula is C20H15IO3. The third-order valence-electron chi connectivity index (χ3n) is 3.36. The molecule has 0 saturated heterocycles. The van der Waals surface area contributed by atoms with Crippen LogP contribution in [0.25, 0.3) is 0 Å². The fourth-order valence-electron chi connectivity index (χ4n) is 2.10. The van der Waals surface area contributed by atoms with Gasteiger partial charge >= 0.3 is 5.97 Å². The van der Waals surface area contributed by atoms with Gasteiger partial charge in [0.2, 0.25) is 0 Å². The topological polar surface area (TPSA) is 35.5 Å². The summed E-state index contributed by atoms with van der Waals surface area (Å²) in [5, 5.41) is 0. The van der Waals surface area contributed by atoms with Crippen molar-refractivity contribution in [2.75, 3.05) is 0 Å². The number of benzene rings is 3. The van der Waals surface area contributed by atoms with E-state index in [0.29, 0.717) is 17.9 Å². The number of ether oxygens (including phenoxy) is 2. The van der Waals surface area contributed by atoms with Crippen molar-refractivity contribution in [3.8, 4) is 11.5 Å². The van der Waals surface area contributed by atoms with Crippen molar-refractivity contribution >= 4 is 28.6 Å². The van der Waals surface area contributed by atoms with Gasteiger partial charge < -0.3 is 9.47 Å². The Kier molecular flexibility index (Phi) is 5.48. The largest absolute Gasteiger partial charge is 0.489 e. The second-order valence-electron chi connectivity index (χ2n) is 5.14. The Labute approximate surface area is 154 Å². The van der Waals surface area contributed by atoms with Crippen molar-refractivity contribution in [3.05, 3.63) is 93.6 Å². The minimum absolute atomic E-state index is 0.371. The maximum absolute atomic E-state index is 12.1. The number of hydrogen-bond donors (Lipinski definition) is 0. The molecule has 24 heavy (non-hydrogen) atoms. The standard InChI is InChI=1S/C20H15IO3/c21-17-8-6-16(7-9-17)20(22)24-19-12-10-18(11-13-19)23-14-15-4-2-1-3-5-15/h1-13H,14H2. The lowest BCUT2D eigenvalue weighted by molar-refractivity contribution is 0.0734. The third kappa shape index (κ3) is 4.58. The van der Waals surface area contributed by atoms with Crippen LogP contribution in [0.15, 0.2) is 78.9 Å². The van der Waals surface area contributed by atoms with Gasteiger partial charge in [0, 0.05) is 3.57 Å². The van der Waals surface area contributed by atoms with Crippen LogP contribution in [0, 0.1) is 3.57 Å². The molecule has 0 fully saturated rings. The molecule has 0 amide bonds. The Balaban J connectivity index is 1.58. The summed E-state index contributed by atoms with van der Waals surface area (Å²) >= 11 is 2.19. The Morgan fingerprint density at radius 1 is 0.792 bits per heavy atom. The van der Waals surface area contributed by atoms with Gasteiger partial charge in [-0.05, 0) is 76.7 Å². The highest BCUT2D eigenvalue weighted by molar-refractivity contribution is 14.1. The molecule has 0 unspecified atom stereocenters. The number of halogens is 1.